The maximum Gasteiger partial charge on any atom is 0.0199 e. The zero-order chi connectivity index (χ0) is 28.7. The lowest BCUT2D eigenvalue weighted by atomic mass is 9.53. The summed E-state index contributed by atoms with van der Waals surface area (Å²) in [6, 6.07) is 35.1. The number of hydrogen-bond donors (Lipinski definition) is 0. The molecule has 0 N–H and O–H groups in total. The zero-order valence-electron chi connectivity index (χ0n) is 25.9. The molecule has 41 heavy (non-hydrogen) atoms. The van der Waals surface area contributed by atoms with Gasteiger partial charge in [0.15, 0.2) is 0 Å². The fourth-order valence-corrected chi connectivity index (χ4v) is 8.59. The Balaban J connectivity index is 1.61. The number of benzene rings is 5. The third-order valence-corrected chi connectivity index (χ3v) is 10.8. The van der Waals surface area contributed by atoms with Gasteiger partial charge in [-0.3, -0.25) is 0 Å². The summed E-state index contributed by atoms with van der Waals surface area (Å²) < 4.78 is 0. The lowest BCUT2D eigenvalue weighted by molar-refractivity contribution is 0.147. The maximum absolute atomic E-state index is 2.56. The van der Waals surface area contributed by atoms with Gasteiger partial charge in [0.1, 0.15) is 0 Å². The Bertz CT molecular complexity index is 1760. The fraction of sp³-hybridized carbons (Fsp3) is 0.366. The molecule has 0 fully saturated rings. The first-order valence-corrected chi connectivity index (χ1v) is 15.7. The van der Waals surface area contributed by atoms with Gasteiger partial charge < -0.3 is 0 Å². The van der Waals surface area contributed by atoms with Gasteiger partial charge in [-0.1, -0.05) is 133 Å². The van der Waals surface area contributed by atoms with Crippen molar-refractivity contribution in [1.29, 1.82) is 0 Å². The monoisotopic (exact) mass is 536 g/mol. The minimum absolute atomic E-state index is 0.0310. The highest BCUT2D eigenvalue weighted by Crippen LogP contribution is 2.61. The molecule has 0 aliphatic heterocycles. The molecule has 0 heterocycles. The van der Waals surface area contributed by atoms with E-state index in [9.17, 15) is 0 Å². The molecule has 0 saturated heterocycles. The number of hydrogen-bond acceptors (Lipinski definition) is 0. The van der Waals surface area contributed by atoms with Crippen LogP contribution in [0, 0.1) is 11.3 Å². The van der Waals surface area contributed by atoms with Crippen LogP contribution in [0.1, 0.15) is 95.0 Å². The molecular formula is C41H44. The molecule has 2 aliphatic rings. The number of fused-ring (bicyclic) bond motifs is 8. The zero-order valence-corrected chi connectivity index (χ0v) is 25.9. The van der Waals surface area contributed by atoms with Crippen LogP contribution in [0.25, 0.3) is 32.7 Å². The van der Waals surface area contributed by atoms with Gasteiger partial charge >= 0.3 is 0 Å². The SMILES string of the molecule is CCC1(C2c3ccccc3-c3ccccc32)CC(C(C)(C)C)Cc2c1ccc1c2c(C(C)(C)C)cc2ccccc21. The summed E-state index contributed by atoms with van der Waals surface area (Å²) in [5.74, 6) is 0.958. The lowest BCUT2D eigenvalue weighted by Crippen LogP contribution is -2.43. The molecule has 0 saturated carbocycles. The van der Waals surface area contributed by atoms with Crippen LogP contribution < -0.4 is 0 Å². The minimum atomic E-state index is 0.0310. The molecule has 2 unspecified atom stereocenters. The first-order valence-electron chi connectivity index (χ1n) is 15.7. The van der Waals surface area contributed by atoms with E-state index in [2.05, 4.69) is 139 Å². The first kappa shape index (κ1) is 26.5. The molecule has 5 aromatic rings. The van der Waals surface area contributed by atoms with E-state index >= 15 is 0 Å². The molecule has 0 nitrogen and oxygen atoms in total. The quantitative estimate of drug-likeness (QED) is 0.197. The van der Waals surface area contributed by atoms with Crippen molar-refractivity contribution in [2.24, 2.45) is 11.3 Å². The molecule has 0 radical (unpaired) electrons. The summed E-state index contributed by atoms with van der Waals surface area (Å²) >= 11 is 0. The Labute approximate surface area is 246 Å². The van der Waals surface area contributed by atoms with Crippen LogP contribution in [0.15, 0.2) is 91.0 Å². The largest absolute Gasteiger partial charge is 0.0645 e. The van der Waals surface area contributed by atoms with Crippen LogP contribution in [-0.4, -0.2) is 0 Å². The van der Waals surface area contributed by atoms with E-state index in [-0.39, 0.29) is 16.2 Å². The summed E-state index contributed by atoms with van der Waals surface area (Å²) in [7, 11) is 0. The Morgan fingerprint density at radius 3 is 1.93 bits per heavy atom. The van der Waals surface area contributed by atoms with E-state index in [0.29, 0.717) is 11.8 Å². The topological polar surface area (TPSA) is 0 Å². The summed E-state index contributed by atoms with van der Waals surface area (Å²) in [5.41, 5.74) is 10.9. The number of rotatable bonds is 2. The van der Waals surface area contributed by atoms with Crippen LogP contribution in [-0.2, 0) is 17.3 Å². The highest BCUT2D eigenvalue weighted by atomic mass is 14.5. The summed E-state index contributed by atoms with van der Waals surface area (Å²) in [4.78, 5) is 0. The summed E-state index contributed by atoms with van der Waals surface area (Å²) in [6.07, 6.45) is 3.50. The molecule has 2 aliphatic carbocycles. The average molecular weight is 537 g/mol. The van der Waals surface area contributed by atoms with Crippen molar-refractivity contribution >= 4 is 21.5 Å². The van der Waals surface area contributed by atoms with Gasteiger partial charge in [-0.15, -0.1) is 0 Å². The summed E-state index contributed by atoms with van der Waals surface area (Å²) in [6.45, 7) is 17.1. The van der Waals surface area contributed by atoms with Crippen molar-refractivity contribution in [3.63, 3.8) is 0 Å². The van der Waals surface area contributed by atoms with Gasteiger partial charge in [0.2, 0.25) is 0 Å². The average Bonchev–Trinajstić information content (AvgIpc) is 3.30. The normalized spacial score (nSPS) is 20.7. The molecule has 0 amide bonds. The molecule has 208 valence electrons. The van der Waals surface area contributed by atoms with E-state index in [1.165, 1.54) is 55.8 Å². The third-order valence-electron chi connectivity index (χ3n) is 10.8. The van der Waals surface area contributed by atoms with Crippen LogP contribution >= 0.6 is 0 Å². The molecule has 7 rings (SSSR count). The summed E-state index contributed by atoms with van der Waals surface area (Å²) in [5, 5.41) is 5.70. The van der Waals surface area contributed by atoms with E-state index in [1.807, 2.05) is 0 Å². The molecule has 0 spiro atoms. The van der Waals surface area contributed by atoms with Crippen molar-refractivity contribution in [1.82, 2.24) is 0 Å². The van der Waals surface area contributed by atoms with Gasteiger partial charge in [0.25, 0.3) is 0 Å². The van der Waals surface area contributed by atoms with Gasteiger partial charge in [-0.25, -0.2) is 0 Å². The van der Waals surface area contributed by atoms with E-state index < -0.39 is 0 Å². The highest BCUT2D eigenvalue weighted by molar-refractivity contribution is 6.11. The van der Waals surface area contributed by atoms with Gasteiger partial charge in [-0.05, 0) is 103 Å². The highest BCUT2D eigenvalue weighted by Gasteiger charge is 2.51. The lowest BCUT2D eigenvalue weighted by Gasteiger charge is -2.50. The molecule has 2 atom stereocenters. The molecular weight excluding hydrogens is 492 g/mol. The second-order valence-electron chi connectivity index (χ2n) is 15.0. The molecule has 0 aromatic heterocycles. The maximum atomic E-state index is 2.56. The van der Waals surface area contributed by atoms with Crippen molar-refractivity contribution in [2.75, 3.05) is 0 Å². The predicted octanol–water partition coefficient (Wildman–Crippen LogP) is 11.4. The third kappa shape index (κ3) is 3.86. The Morgan fingerprint density at radius 2 is 1.32 bits per heavy atom. The standard InChI is InChI=1S/C41H44/c1-8-41(38-32-19-13-11-17-29(32)30-18-12-14-20-33(30)38)25-27(39(2,3)4)24-34-35(41)22-21-31-28-16-10-9-15-26(28)23-36(37(31)34)40(5,6)7/h9-23,27,38H,8,24-25H2,1-7H3. The van der Waals surface area contributed by atoms with Crippen LogP contribution in [0.4, 0.5) is 0 Å². The Kier molecular flexibility index (Phi) is 5.86. The fourth-order valence-electron chi connectivity index (χ4n) is 8.59. The van der Waals surface area contributed by atoms with Gasteiger partial charge in [-0.2, -0.15) is 0 Å². The smallest absolute Gasteiger partial charge is 0.0199 e. The van der Waals surface area contributed by atoms with Crippen molar-refractivity contribution < 1.29 is 0 Å². The van der Waals surface area contributed by atoms with Crippen molar-refractivity contribution in [3.8, 4) is 11.1 Å². The molecule has 0 heteroatoms. The van der Waals surface area contributed by atoms with Crippen LogP contribution in [0.2, 0.25) is 0 Å². The second-order valence-corrected chi connectivity index (χ2v) is 15.0. The van der Waals surface area contributed by atoms with Crippen LogP contribution in [0.5, 0.6) is 0 Å². The van der Waals surface area contributed by atoms with Gasteiger partial charge in [0.05, 0.1) is 0 Å². The Hall–Kier alpha value is -3.38. The minimum Gasteiger partial charge on any atom is -0.0645 e. The van der Waals surface area contributed by atoms with Gasteiger partial charge in [0, 0.05) is 11.3 Å². The van der Waals surface area contributed by atoms with Crippen molar-refractivity contribution in [2.45, 2.75) is 84.5 Å². The van der Waals surface area contributed by atoms with E-state index in [4.69, 9.17) is 0 Å². The second kappa shape index (κ2) is 9.06. The van der Waals surface area contributed by atoms with Crippen LogP contribution in [0.3, 0.4) is 0 Å². The Morgan fingerprint density at radius 1 is 0.707 bits per heavy atom. The first-order chi connectivity index (χ1) is 19.5. The molecule has 0 bridgehead atoms. The predicted molar refractivity (Wildman–Crippen MR) is 177 cm³/mol. The molecule has 5 aromatic carbocycles. The van der Waals surface area contributed by atoms with Crippen molar-refractivity contribution in [3.05, 3.63) is 119 Å². The van der Waals surface area contributed by atoms with E-state index in [0.717, 1.165) is 12.8 Å². The van der Waals surface area contributed by atoms with E-state index in [1.54, 1.807) is 11.1 Å².